The third kappa shape index (κ3) is 17.3. The van der Waals surface area contributed by atoms with Crippen molar-refractivity contribution in [2.45, 2.75) is 186 Å². The molecule has 16 nitrogen and oxygen atoms in total. The third-order valence-corrected chi connectivity index (χ3v) is 15.4. The summed E-state index contributed by atoms with van der Waals surface area (Å²) in [6.45, 7) is 13.9. The summed E-state index contributed by atoms with van der Waals surface area (Å²) in [5.41, 5.74) is 1.24. The van der Waals surface area contributed by atoms with E-state index in [-0.39, 0.29) is 80.5 Å². The summed E-state index contributed by atoms with van der Waals surface area (Å²) in [7, 11) is 4.61. The highest BCUT2D eigenvalue weighted by Gasteiger charge is 2.53. The molecule has 1 amide bonds. The van der Waals surface area contributed by atoms with Gasteiger partial charge in [-0.15, -0.1) is 0 Å². The van der Waals surface area contributed by atoms with Crippen molar-refractivity contribution in [3.63, 3.8) is 0 Å². The van der Waals surface area contributed by atoms with Crippen LogP contribution in [0.4, 0.5) is 0 Å². The number of ketones is 3. The summed E-state index contributed by atoms with van der Waals surface area (Å²) in [5.74, 6) is -8.06. The van der Waals surface area contributed by atoms with Gasteiger partial charge in [-0.2, -0.15) is 0 Å². The van der Waals surface area contributed by atoms with Crippen LogP contribution in [0.15, 0.2) is 47.6 Å². The molecule has 1 saturated carbocycles. The number of ether oxygens (including phenoxy) is 7. The Morgan fingerprint density at radius 1 is 0.833 bits per heavy atom. The number of hydrogen-bond acceptors (Lipinski definition) is 15. The molecule has 3 aliphatic heterocycles. The predicted octanol–water partition coefficient (Wildman–Crippen LogP) is 6.60. The molecule has 3 fully saturated rings. The number of methoxy groups -OCH3 is 3. The number of carbonyl (C=O) groups excluding carboxylic acids is 5. The van der Waals surface area contributed by atoms with Crippen molar-refractivity contribution in [3.8, 4) is 0 Å². The number of fused-ring (bicyclic) bond motifs is 3. The molecule has 4 aliphatic rings. The molecule has 4 rings (SSSR count). The molecule has 2 saturated heterocycles. The number of piperidine rings is 1. The Morgan fingerprint density at radius 3 is 2.28 bits per heavy atom. The molecule has 0 aromatic rings. The van der Waals surface area contributed by atoms with Crippen molar-refractivity contribution in [1.82, 2.24) is 4.90 Å². The highest BCUT2D eigenvalue weighted by molar-refractivity contribution is 6.39. The van der Waals surface area contributed by atoms with E-state index in [2.05, 4.69) is 0 Å². The maximum absolute atomic E-state index is 14.6. The molecular formula is C56H89NO15. The van der Waals surface area contributed by atoms with Crippen molar-refractivity contribution in [1.29, 1.82) is 0 Å². The monoisotopic (exact) mass is 1020 g/mol. The quantitative estimate of drug-likeness (QED) is 0.0767. The first-order valence-corrected chi connectivity index (χ1v) is 26.6. The van der Waals surface area contributed by atoms with Crippen LogP contribution < -0.4 is 0 Å². The lowest BCUT2D eigenvalue weighted by molar-refractivity contribution is -0.266. The number of rotatable bonds is 13. The molecule has 3 heterocycles. The maximum atomic E-state index is 14.6. The Labute approximate surface area is 429 Å². The Kier molecular flexibility index (Phi) is 25.6. The first-order chi connectivity index (χ1) is 34.3. The van der Waals surface area contributed by atoms with Crippen molar-refractivity contribution in [2.24, 2.45) is 35.5 Å². The van der Waals surface area contributed by atoms with Gasteiger partial charge in [0.05, 0.1) is 37.6 Å². The van der Waals surface area contributed by atoms with E-state index in [0.29, 0.717) is 70.2 Å². The van der Waals surface area contributed by atoms with Crippen LogP contribution in [0.25, 0.3) is 0 Å². The average Bonchev–Trinajstić information content (AvgIpc) is 3.36. The number of aliphatic hydroxyl groups excluding tert-OH is 2. The summed E-state index contributed by atoms with van der Waals surface area (Å²) < 4.78 is 41.6. The van der Waals surface area contributed by atoms with E-state index in [0.717, 1.165) is 18.4 Å². The van der Waals surface area contributed by atoms with Gasteiger partial charge in [0.25, 0.3) is 11.7 Å². The Morgan fingerprint density at radius 2 is 1.58 bits per heavy atom. The predicted molar refractivity (Wildman–Crippen MR) is 271 cm³/mol. The molecule has 1 aliphatic carbocycles. The van der Waals surface area contributed by atoms with E-state index < -0.39 is 77.8 Å². The van der Waals surface area contributed by atoms with Crippen LogP contribution in [0, 0.1) is 35.5 Å². The van der Waals surface area contributed by atoms with E-state index >= 15 is 0 Å². The third-order valence-electron chi connectivity index (χ3n) is 15.4. The largest absolute Gasteiger partial charge is 0.460 e. The summed E-state index contributed by atoms with van der Waals surface area (Å²) in [4.78, 5) is 72.6. The highest BCUT2D eigenvalue weighted by Crippen LogP contribution is 2.38. The number of hydrogen-bond donors (Lipinski definition) is 3. The molecule has 3 N–H and O–H groups in total. The van der Waals surface area contributed by atoms with Crippen LogP contribution in [0.2, 0.25) is 0 Å². The van der Waals surface area contributed by atoms with E-state index in [1.165, 1.54) is 12.0 Å². The molecule has 0 aromatic carbocycles. The van der Waals surface area contributed by atoms with E-state index in [1.807, 2.05) is 58.1 Å². The topological polar surface area (TPSA) is 214 Å². The lowest BCUT2D eigenvalue weighted by Gasteiger charge is -2.43. The summed E-state index contributed by atoms with van der Waals surface area (Å²) in [6, 6.07) is -1.16. The van der Waals surface area contributed by atoms with E-state index in [9.17, 15) is 39.3 Å². The summed E-state index contributed by atoms with van der Waals surface area (Å²) >= 11 is 0. The number of aliphatic hydroxyl groups is 3. The second kappa shape index (κ2) is 30.2. The van der Waals surface area contributed by atoms with Gasteiger partial charge in [0.2, 0.25) is 5.79 Å². The van der Waals surface area contributed by atoms with Crippen molar-refractivity contribution < 1.29 is 72.5 Å². The van der Waals surface area contributed by atoms with Crippen LogP contribution in [0.1, 0.15) is 132 Å². The van der Waals surface area contributed by atoms with E-state index in [1.54, 1.807) is 41.1 Å². The molecule has 0 aromatic heterocycles. The van der Waals surface area contributed by atoms with Crippen LogP contribution in [0.3, 0.4) is 0 Å². The minimum absolute atomic E-state index is 0.000907. The molecule has 2 bridgehead atoms. The van der Waals surface area contributed by atoms with E-state index in [4.69, 9.17) is 33.2 Å². The van der Waals surface area contributed by atoms with Gasteiger partial charge in [-0.1, -0.05) is 71.1 Å². The smallest absolute Gasteiger partial charge is 0.329 e. The Balaban J connectivity index is 1.71. The Bertz CT molecular complexity index is 1880. The average molecular weight is 1020 g/mol. The molecular weight excluding hydrogens is 927 g/mol. The molecule has 0 radical (unpaired) electrons. The fraction of sp³-hybridized carbons (Fsp3) is 0.768. The van der Waals surface area contributed by atoms with Crippen LogP contribution in [-0.2, 0) is 57.1 Å². The zero-order chi connectivity index (χ0) is 53.1. The number of nitrogens with zero attached hydrogens (tertiary/aromatic N) is 1. The molecule has 408 valence electrons. The molecule has 16 heteroatoms. The van der Waals surface area contributed by atoms with Gasteiger partial charge in [-0.05, 0) is 113 Å². The van der Waals surface area contributed by atoms with Crippen LogP contribution in [0.5, 0.6) is 0 Å². The van der Waals surface area contributed by atoms with Crippen LogP contribution >= 0.6 is 0 Å². The summed E-state index contributed by atoms with van der Waals surface area (Å²) in [5, 5.41) is 32.9. The minimum Gasteiger partial charge on any atom is -0.460 e. The number of cyclic esters (lactones) is 1. The van der Waals surface area contributed by atoms with Gasteiger partial charge in [0, 0.05) is 71.7 Å². The van der Waals surface area contributed by atoms with Gasteiger partial charge in [0.1, 0.15) is 30.1 Å². The van der Waals surface area contributed by atoms with Gasteiger partial charge in [0.15, 0.2) is 5.78 Å². The molecule has 0 spiro atoms. The zero-order valence-electron chi connectivity index (χ0n) is 45.0. The molecule has 72 heavy (non-hydrogen) atoms. The normalized spacial score (nSPS) is 36.5. The van der Waals surface area contributed by atoms with Gasteiger partial charge in [-0.25, -0.2) is 4.79 Å². The fourth-order valence-corrected chi connectivity index (χ4v) is 10.8. The van der Waals surface area contributed by atoms with Gasteiger partial charge in [-0.3, -0.25) is 19.2 Å². The van der Waals surface area contributed by atoms with Crippen LogP contribution in [-0.4, -0.2) is 158 Å². The maximum Gasteiger partial charge on any atom is 0.329 e. The van der Waals surface area contributed by atoms with Crippen molar-refractivity contribution >= 4 is 29.2 Å². The first kappa shape index (κ1) is 61.1. The number of amides is 1. The second-order valence-electron chi connectivity index (χ2n) is 21.1. The number of Topliss-reactive ketones (excluding diaryl/α,β-unsaturated/α-hetero) is 3. The zero-order valence-corrected chi connectivity index (χ0v) is 45.0. The van der Waals surface area contributed by atoms with Gasteiger partial charge >= 0.3 is 5.97 Å². The first-order valence-electron chi connectivity index (χ1n) is 26.6. The number of esters is 1. The molecule has 1 unspecified atom stereocenters. The SMILES string of the molecule is COCCO[C@H]1C[C@@H]2CC[C@@H](C)[C@@](O)(O2)C(=O)C(=O)N2CCCCC2C(=O)O[C@H]([C@H](C)C[C@@H]2CC[C@@H](OCCCO)[C@H](OC)C2)CC(=O)[C@H](C)/C=C(\C)[C@@H](O)[C@@H](OC)C(=O)[C@H](C)C[C@H](C)/C=C/C=CC=C1C. The van der Waals surface area contributed by atoms with Crippen molar-refractivity contribution in [3.05, 3.63) is 47.6 Å². The minimum atomic E-state index is -2.46. The van der Waals surface area contributed by atoms with Gasteiger partial charge < -0.3 is 53.4 Å². The highest BCUT2D eigenvalue weighted by atomic mass is 16.6. The number of allylic oxidation sites excluding steroid dienone is 6. The lowest BCUT2D eigenvalue weighted by Crippen LogP contribution is -2.61. The second-order valence-corrected chi connectivity index (χ2v) is 21.1. The molecule has 15 atom stereocenters. The lowest BCUT2D eigenvalue weighted by atomic mass is 9.78. The standard InChI is InChI=1S/C56H89NO15/c1-35-17-12-11-13-18-36(2)47(70-28-27-66-8)33-43-22-20-41(7)56(65,72-43)53(62)54(63)57-24-15-14-19-44(57)55(64)71-48(38(4)31-42-21-23-46(49(32-42)67-9)69-26-16-25-58)34-45(59)37(3)30-40(6)51(61)52(68-10)50(60)39(5)29-35/h11-13,17-18,30,35,37-39,41-44,46-49,51-52,58,61,65H,14-16,19-29,31-34H2,1-10H3/b13-11?,17-12+,36-18?,40-30+/t35-,37-,38-,39-,41-,42+,43+,44?,46-,47+,48+,49-,51-,52+,56-/m1/s1. The van der Waals surface area contributed by atoms with Crippen molar-refractivity contribution in [2.75, 3.05) is 54.3 Å². The fourth-order valence-electron chi connectivity index (χ4n) is 10.8. The Hall–Kier alpha value is -3.45. The summed E-state index contributed by atoms with van der Waals surface area (Å²) in [6.07, 6.45) is 12.4. The number of carbonyl (C=O) groups is 5.